The predicted molar refractivity (Wildman–Crippen MR) is 85.6 cm³/mol. The van der Waals surface area contributed by atoms with E-state index < -0.39 is 0 Å². The van der Waals surface area contributed by atoms with Crippen LogP contribution in [0.1, 0.15) is 31.4 Å². The normalized spacial score (nSPS) is 31.3. The minimum absolute atomic E-state index is 0.0485. The van der Waals surface area contributed by atoms with Crippen LogP contribution in [-0.2, 0) is 0 Å². The Hall–Kier alpha value is -1.10. The smallest absolute Gasteiger partial charge is 0.124 e. The lowest BCUT2D eigenvalue weighted by Crippen LogP contribution is -2.54. The Morgan fingerprint density at radius 2 is 2.10 bits per heavy atom. The van der Waals surface area contributed by atoms with Crippen LogP contribution in [0, 0.1) is 0 Å². The topological polar surface area (TPSA) is 41.7 Å². The highest BCUT2D eigenvalue weighted by molar-refractivity contribution is 5.38. The van der Waals surface area contributed by atoms with Gasteiger partial charge in [-0.15, -0.1) is 0 Å². The van der Waals surface area contributed by atoms with E-state index in [2.05, 4.69) is 35.9 Å². The SMILES string of the molecule is CCC1CN(C)CCCN1C1COc2ccccc2C1N. The number of benzene rings is 1. The summed E-state index contributed by atoms with van der Waals surface area (Å²) < 4.78 is 5.98. The lowest BCUT2D eigenvalue weighted by molar-refractivity contribution is 0.0608. The average Bonchev–Trinajstić information content (AvgIpc) is 2.69. The van der Waals surface area contributed by atoms with Crippen LogP contribution in [0.25, 0.3) is 0 Å². The van der Waals surface area contributed by atoms with Crippen molar-refractivity contribution in [1.82, 2.24) is 9.80 Å². The van der Waals surface area contributed by atoms with Crippen LogP contribution < -0.4 is 10.5 Å². The van der Waals surface area contributed by atoms with Crippen molar-refractivity contribution < 1.29 is 4.74 Å². The van der Waals surface area contributed by atoms with Crippen molar-refractivity contribution in [2.45, 2.75) is 37.9 Å². The summed E-state index contributed by atoms with van der Waals surface area (Å²) in [5.41, 5.74) is 7.74. The molecule has 0 bridgehead atoms. The molecule has 2 heterocycles. The van der Waals surface area contributed by atoms with E-state index in [1.54, 1.807) is 0 Å². The van der Waals surface area contributed by atoms with Crippen LogP contribution >= 0.6 is 0 Å². The highest BCUT2D eigenvalue weighted by Crippen LogP contribution is 2.34. The highest BCUT2D eigenvalue weighted by atomic mass is 16.5. The monoisotopic (exact) mass is 289 g/mol. The fraction of sp³-hybridized carbons (Fsp3) is 0.647. The van der Waals surface area contributed by atoms with Gasteiger partial charge in [-0.25, -0.2) is 0 Å². The summed E-state index contributed by atoms with van der Waals surface area (Å²) in [5.74, 6) is 0.959. The van der Waals surface area contributed by atoms with Crippen LogP contribution in [0.15, 0.2) is 24.3 Å². The van der Waals surface area contributed by atoms with Gasteiger partial charge in [0.1, 0.15) is 12.4 Å². The van der Waals surface area contributed by atoms with Crippen molar-refractivity contribution >= 4 is 0 Å². The summed E-state index contributed by atoms with van der Waals surface area (Å²) in [6.45, 7) is 6.40. The number of hydrogen-bond acceptors (Lipinski definition) is 4. The molecule has 2 N–H and O–H groups in total. The zero-order chi connectivity index (χ0) is 14.8. The third kappa shape index (κ3) is 2.93. The summed E-state index contributed by atoms with van der Waals surface area (Å²) in [4.78, 5) is 5.04. The van der Waals surface area contributed by atoms with E-state index in [0.717, 1.165) is 30.8 Å². The first-order valence-electron chi connectivity index (χ1n) is 8.12. The first kappa shape index (κ1) is 14.8. The summed E-state index contributed by atoms with van der Waals surface area (Å²) in [7, 11) is 2.22. The van der Waals surface area contributed by atoms with Crippen molar-refractivity contribution in [3.8, 4) is 5.75 Å². The third-order valence-corrected chi connectivity index (χ3v) is 4.95. The molecule has 3 atom stereocenters. The number of hydrogen-bond donors (Lipinski definition) is 1. The van der Waals surface area contributed by atoms with E-state index in [1.807, 2.05) is 12.1 Å². The Bertz CT molecular complexity index is 479. The van der Waals surface area contributed by atoms with Crippen LogP contribution in [0.3, 0.4) is 0 Å². The average molecular weight is 289 g/mol. The number of fused-ring (bicyclic) bond motifs is 1. The third-order valence-electron chi connectivity index (χ3n) is 4.95. The molecule has 116 valence electrons. The zero-order valence-corrected chi connectivity index (χ0v) is 13.2. The molecule has 0 saturated carbocycles. The maximum atomic E-state index is 6.59. The minimum Gasteiger partial charge on any atom is -0.492 e. The highest BCUT2D eigenvalue weighted by Gasteiger charge is 2.36. The maximum absolute atomic E-state index is 6.59. The molecule has 1 fully saturated rings. The first-order valence-corrected chi connectivity index (χ1v) is 8.12. The van der Waals surface area contributed by atoms with E-state index in [-0.39, 0.29) is 12.1 Å². The molecular weight excluding hydrogens is 262 g/mol. The van der Waals surface area contributed by atoms with Gasteiger partial charge in [0.15, 0.2) is 0 Å². The molecule has 21 heavy (non-hydrogen) atoms. The van der Waals surface area contributed by atoms with Gasteiger partial charge < -0.3 is 15.4 Å². The van der Waals surface area contributed by atoms with Crippen molar-refractivity contribution in [3.05, 3.63) is 29.8 Å². The van der Waals surface area contributed by atoms with Crippen LogP contribution in [-0.4, -0.2) is 55.2 Å². The number of nitrogens with zero attached hydrogens (tertiary/aromatic N) is 2. The molecule has 1 aromatic rings. The molecule has 0 aromatic heterocycles. The van der Waals surface area contributed by atoms with Gasteiger partial charge in [-0.05, 0) is 32.5 Å². The molecule has 3 unspecified atom stereocenters. The molecular formula is C17H27N3O. The van der Waals surface area contributed by atoms with Crippen molar-refractivity contribution in [2.75, 3.05) is 33.3 Å². The number of ether oxygens (including phenoxy) is 1. The Morgan fingerprint density at radius 3 is 2.90 bits per heavy atom. The summed E-state index contributed by atoms with van der Waals surface area (Å²) in [5, 5.41) is 0. The molecule has 0 amide bonds. The number of para-hydroxylation sites is 1. The largest absolute Gasteiger partial charge is 0.492 e. The molecule has 3 rings (SSSR count). The lowest BCUT2D eigenvalue weighted by atomic mass is 9.94. The zero-order valence-electron chi connectivity index (χ0n) is 13.2. The van der Waals surface area contributed by atoms with Crippen LogP contribution in [0.5, 0.6) is 5.75 Å². The van der Waals surface area contributed by atoms with Gasteiger partial charge in [-0.3, -0.25) is 4.90 Å². The second kappa shape index (κ2) is 6.34. The molecule has 1 saturated heterocycles. The Morgan fingerprint density at radius 1 is 1.29 bits per heavy atom. The summed E-state index contributed by atoms with van der Waals surface area (Å²) in [6.07, 6.45) is 2.37. The van der Waals surface area contributed by atoms with E-state index in [4.69, 9.17) is 10.5 Å². The predicted octanol–water partition coefficient (Wildman–Crippen LogP) is 1.86. The Balaban J connectivity index is 1.83. The number of rotatable bonds is 2. The van der Waals surface area contributed by atoms with Crippen molar-refractivity contribution in [2.24, 2.45) is 5.73 Å². The van der Waals surface area contributed by atoms with E-state index in [9.17, 15) is 0 Å². The molecule has 4 nitrogen and oxygen atoms in total. The number of nitrogens with two attached hydrogens (primary N) is 1. The standard InChI is InChI=1S/C17H27N3O/c1-3-13-11-19(2)9-6-10-20(13)15-12-21-16-8-5-4-7-14(16)17(15)18/h4-5,7-8,13,15,17H,3,6,9-12,18H2,1-2H3. The second-order valence-electron chi connectivity index (χ2n) is 6.36. The van der Waals surface area contributed by atoms with Crippen LogP contribution in [0.2, 0.25) is 0 Å². The molecule has 0 radical (unpaired) electrons. The molecule has 0 aliphatic carbocycles. The fourth-order valence-corrected chi connectivity index (χ4v) is 3.74. The van der Waals surface area contributed by atoms with Crippen LogP contribution in [0.4, 0.5) is 0 Å². The molecule has 4 heteroatoms. The van der Waals surface area contributed by atoms with Gasteiger partial charge in [0.25, 0.3) is 0 Å². The quantitative estimate of drug-likeness (QED) is 0.902. The summed E-state index contributed by atoms with van der Waals surface area (Å²) >= 11 is 0. The first-order chi connectivity index (χ1) is 10.2. The second-order valence-corrected chi connectivity index (χ2v) is 6.36. The molecule has 0 spiro atoms. The molecule has 2 aliphatic rings. The van der Waals surface area contributed by atoms with Gasteiger partial charge in [0, 0.05) is 24.7 Å². The van der Waals surface area contributed by atoms with Gasteiger partial charge in [0.2, 0.25) is 0 Å². The molecule has 1 aromatic carbocycles. The summed E-state index contributed by atoms with van der Waals surface area (Å²) in [6, 6.07) is 9.11. The Labute approximate surface area is 127 Å². The number of likely N-dealkylation sites (N-methyl/N-ethyl adjacent to an activating group) is 1. The van der Waals surface area contributed by atoms with E-state index >= 15 is 0 Å². The van der Waals surface area contributed by atoms with Gasteiger partial charge in [-0.1, -0.05) is 25.1 Å². The fourth-order valence-electron chi connectivity index (χ4n) is 3.74. The molecule has 2 aliphatic heterocycles. The van der Waals surface area contributed by atoms with E-state index in [1.165, 1.54) is 13.0 Å². The van der Waals surface area contributed by atoms with E-state index in [0.29, 0.717) is 12.6 Å². The lowest BCUT2D eigenvalue weighted by Gasteiger charge is -2.42. The minimum atomic E-state index is 0.0485. The van der Waals surface area contributed by atoms with Gasteiger partial charge in [-0.2, -0.15) is 0 Å². The van der Waals surface area contributed by atoms with Gasteiger partial charge >= 0.3 is 0 Å². The Kier molecular flexibility index (Phi) is 4.48. The van der Waals surface area contributed by atoms with Gasteiger partial charge in [0.05, 0.1) is 12.1 Å². The van der Waals surface area contributed by atoms with Crippen molar-refractivity contribution in [3.63, 3.8) is 0 Å². The van der Waals surface area contributed by atoms with Crippen molar-refractivity contribution in [1.29, 1.82) is 0 Å². The maximum Gasteiger partial charge on any atom is 0.124 e.